The van der Waals surface area contributed by atoms with E-state index >= 15 is 0 Å². The molecule has 4 heterocycles. The molecule has 4 aromatic heterocycles. The number of rotatable bonds is 4. The summed E-state index contributed by atoms with van der Waals surface area (Å²) in [4.78, 5) is 11.4. The molecule has 0 saturated heterocycles. The van der Waals surface area contributed by atoms with E-state index in [4.69, 9.17) is 8.83 Å². The summed E-state index contributed by atoms with van der Waals surface area (Å²) in [6.45, 7) is 6.13. The molecule has 0 amide bonds. The van der Waals surface area contributed by atoms with Gasteiger partial charge in [0.2, 0.25) is 5.89 Å². The molecule has 0 aliphatic heterocycles. The van der Waals surface area contributed by atoms with Crippen LogP contribution in [0, 0.1) is 20.8 Å². The third-order valence-electron chi connectivity index (χ3n) is 3.69. The monoisotopic (exact) mass is 436 g/mol. The normalized spacial score (nSPS) is 11.5. The van der Waals surface area contributed by atoms with Crippen LogP contribution < -0.4 is 0 Å². The lowest BCUT2D eigenvalue weighted by Crippen LogP contribution is -1.92. The number of aryl methyl sites for hydroxylation is 3. The Labute approximate surface area is 160 Å². The number of halogens is 1. The number of nitrogens with zero attached hydrogens (tertiary/aromatic N) is 4. The molecule has 128 valence electrons. The van der Waals surface area contributed by atoms with Crippen LogP contribution in [0.5, 0.6) is 0 Å². The lowest BCUT2D eigenvalue weighted by Gasteiger charge is -2.03. The molecule has 0 N–H and O–H groups in total. The molecule has 0 unspecified atom stereocenters. The van der Waals surface area contributed by atoms with Crippen LogP contribution in [-0.4, -0.2) is 20.2 Å². The Balaban J connectivity index is 1.60. The second-order valence-corrected chi connectivity index (χ2v) is 8.38. The number of thioether (sulfide) groups is 1. The molecular weight excluding hydrogens is 424 g/mol. The van der Waals surface area contributed by atoms with Crippen molar-refractivity contribution in [2.24, 2.45) is 0 Å². The fourth-order valence-electron chi connectivity index (χ4n) is 2.39. The van der Waals surface area contributed by atoms with E-state index in [9.17, 15) is 0 Å². The molecule has 0 saturated carbocycles. The molecule has 0 atom stereocenters. The van der Waals surface area contributed by atoms with Gasteiger partial charge >= 0.3 is 0 Å². The van der Waals surface area contributed by atoms with Gasteiger partial charge in [-0.1, -0.05) is 11.8 Å². The SMILES string of the molecule is Cc1nc(SCc2nnc(-c3ccc(Br)o3)o2)c2c(C)c(C)sc2n1. The summed E-state index contributed by atoms with van der Waals surface area (Å²) in [5, 5.41) is 10.2. The molecule has 0 fully saturated rings. The smallest absolute Gasteiger partial charge is 0.283 e. The van der Waals surface area contributed by atoms with Crippen molar-refractivity contribution in [3.63, 3.8) is 0 Å². The zero-order chi connectivity index (χ0) is 17.6. The molecule has 4 rings (SSSR count). The van der Waals surface area contributed by atoms with Crippen LogP contribution >= 0.6 is 39.0 Å². The number of furan rings is 1. The van der Waals surface area contributed by atoms with Crippen LogP contribution in [0.2, 0.25) is 0 Å². The summed E-state index contributed by atoms with van der Waals surface area (Å²) in [5.74, 6) is 2.74. The topological polar surface area (TPSA) is 77.8 Å². The largest absolute Gasteiger partial charge is 0.444 e. The first-order valence-corrected chi connectivity index (χ1v) is 10.1. The van der Waals surface area contributed by atoms with Crippen molar-refractivity contribution < 1.29 is 8.83 Å². The third kappa shape index (κ3) is 3.23. The average molecular weight is 437 g/mol. The van der Waals surface area contributed by atoms with Crippen molar-refractivity contribution in [3.05, 3.63) is 39.0 Å². The van der Waals surface area contributed by atoms with Crippen LogP contribution in [0.3, 0.4) is 0 Å². The zero-order valence-electron chi connectivity index (χ0n) is 13.7. The van der Waals surface area contributed by atoms with E-state index in [0.717, 1.165) is 21.1 Å². The van der Waals surface area contributed by atoms with Crippen molar-refractivity contribution in [2.45, 2.75) is 31.6 Å². The van der Waals surface area contributed by atoms with Crippen LogP contribution in [-0.2, 0) is 5.75 Å². The third-order valence-corrected chi connectivity index (χ3v) is 6.18. The van der Waals surface area contributed by atoms with E-state index in [1.807, 2.05) is 6.92 Å². The maximum absolute atomic E-state index is 5.68. The Kier molecular flexibility index (Phi) is 4.38. The molecule has 0 aliphatic rings. The van der Waals surface area contributed by atoms with Crippen molar-refractivity contribution in [3.8, 4) is 11.7 Å². The fraction of sp³-hybridized carbons (Fsp3) is 0.250. The number of aromatic nitrogens is 4. The molecule has 0 aromatic carbocycles. The summed E-state index contributed by atoms with van der Waals surface area (Å²) >= 11 is 6.54. The minimum Gasteiger partial charge on any atom is -0.444 e. The quantitative estimate of drug-likeness (QED) is 0.316. The van der Waals surface area contributed by atoms with Gasteiger partial charge < -0.3 is 8.83 Å². The predicted octanol–water partition coefficient (Wildman–Crippen LogP) is 5.31. The Bertz CT molecular complexity index is 1070. The summed E-state index contributed by atoms with van der Waals surface area (Å²) in [6, 6.07) is 3.57. The van der Waals surface area contributed by atoms with E-state index < -0.39 is 0 Å². The average Bonchev–Trinajstić information content (AvgIpc) is 3.26. The molecule has 0 spiro atoms. The maximum Gasteiger partial charge on any atom is 0.283 e. The van der Waals surface area contributed by atoms with E-state index in [1.54, 1.807) is 35.2 Å². The number of hydrogen-bond acceptors (Lipinski definition) is 8. The highest BCUT2D eigenvalue weighted by Gasteiger charge is 2.16. The summed E-state index contributed by atoms with van der Waals surface area (Å²) in [5.41, 5.74) is 1.23. The second-order valence-electron chi connectivity index (χ2n) is 5.43. The Morgan fingerprint density at radius 2 is 1.96 bits per heavy atom. The van der Waals surface area contributed by atoms with Gasteiger partial charge in [0, 0.05) is 10.3 Å². The lowest BCUT2D eigenvalue weighted by atomic mass is 10.2. The summed E-state index contributed by atoms with van der Waals surface area (Å²) in [7, 11) is 0. The lowest BCUT2D eigenvalue weighted by molar-refractivity contribution is 0.486. The van der Waals surface area contributed by atoms with Crippen molar-refractivity contribution in [2.75, 3.05) is 0 Å². The predicted molar refractivity (Wildman–Crippen MR) is 101 cm³/mol. The first kappa shape index (κ1) is 16.7. The van der Waals surface area contributed by atoms with Gasteiger partial charge in [0.1, 0.15) is 15.7 Å². The van der Waals surface area contributed by atoms with Crippen LogP contribution in [0.4, 0.5) is 0 Å². The molecule has 4 aromatic rings. The Hall–Kier alpha value is -1.71. The first-order chi connectivity index (χ1) is 12.0. The first-order valence-electron chi connectivity index (χ1n) is 7.46. The van der Waals surface area contributed by atoms with E-state index in [2.05, 4.69) is 49.9 Å². The highest BCUT2D eigenvalue weighted by atomic mass is 79.9. The van der Waals surface area contributed by atoms with Gasteiger partial charge in [0.05, 0.1) is 5.75 Å². The van der Waals surface area contributed by atoms with Gasteiger partial charge in [0.15, 0.2) is 10.4 Å². The standard InChI is InChI=1S/C16H13BrN4O2S2/c1-7-8(2)25-16-13(7)15(18-9(3)19-16)24-6-12-20-21-14(23-12)10-4-5-11(17)22-10/h4-5H,6H2,1-3H3. The molecular formula is C16H13BrN4O2S2. The molecule has 0 aliphatic carbocycles. The van der Waals surface area contributed by atoms with Gasteiger partial charge in [-0.2, -0.15) is 0 Å². The van der Waals surface area contributed by atoms with Gasteiger partial charge in [-0.05, 0) is 54.4 Å². The number of fused-ring (bicyclic) bond motifs is 1. The van der Waals surface area contributed by atoms with Gasteiger partial charge in [-0.15, -0.1) is 21.5 Å². The highest BCUT2D eigenvalue weighted by Crippen LogP contribution is 2.36. The minimum atomic E-state index is 0.368. The van der Waals surface area contributed by atoms with Crippen molar-refractivity contribution in [1.29, 1.82) is 0 Å². The molecule has 25 heavy (non-hydrogen) atoms. The van der Waals surface area contributed by atoms with E-state index in [0.29, 0.717) is 28.0 Å². The Morgan fingerprint density at radius 1 is 1.12 bits per heavy atom. The Morgan fingerprint density at radius 3 is 2.72 bits per heavy atom. The number of hydrogen-bond donors (Lipinski definition) is 0. The molecule has 0 bridgehead atoms. The van der Waals surface area contributed by atoms with E-state index in [-0.39, 0.29) is 0 Å². The highest BCUT2D eigenvalue weighted by molar-refractivity contribution is 9.10. The molecule has 0 radical (unpaired) electrons. The van der Waals surface area contributed by atoms with Gasteiger partial charge in [-0.25, -0.2) is 9.97 Å². The maximum atomic E-state index is 5.68. The number of thiophene rings is 1. The fourth-order valence-corrected chi connectivity index (χ4v) is 4.80. The second kappa shape index (κ2) is 6.54. The van der Waals surface area contributed by atoms with Crippen molar-refractivity contribution in [1.82, 2.24) is 20.2 Å². The van der Waals surface area contributed by atoms with Crippen LogP contribution in [0.1, 0.15) is 22.2 Å². The summed E-state index contributed by atoms with van der Waals surface area (Å²) in [6.07, 6.45) is 0. The molecule has 6 nitrogen and oxygen atoms in total. The van der Waals surface area contributed by atoms with E-state index in [1.165, 1.54) is 10.4 Å². The van der Waals surface area contributed by atoms with Gasteiger partial charge in [-0.3, -0.25) is 0 Å². The van der Waals surface area contributed by atoms with Gasteiger partial charge in [0.25, 0.3) is 5.89 Å². The van der Waals surface area contributed by atoms with Crippen LogP contribution in [0.25, 0.3) is 21.9 Å². The zero-order valence-corrected chi connectivity index (χ0v) is 16.9. The van der Waals surface area contributed by atoms with Crippen LogP contribution in [0.15, 0.2) is 30.7 Å². The van der Waals surface area contributed by atoms with Crippen molar-refractivity contribution >= 4 is 49.2 Å². The molecule has 9 heteroatoms. The minimum absolute atomic E-state index is 0.368. The summed E-state index contributed by atoms with van der Waals surface area (Å²) < 4.78 is 11.7.